The van der Waals surface area contributed by atoms with Crippen molar-refractivity contribution in [2.24, 2.45) is 5.41 Å². The summed E-state index contributed by atoms with van der Waals surface area (Å²) in [6, 6.07) is 5.48. The average Bonchev–Trinajstić information content (AvgIpc) is 1.96. The minimum atomic E-state index is -0.438. The standard InChI is InChI=1S/C13H17Cl3/c1-12(2,3)8-13(4,16)9-5-10(14)7-11(15)6-9/h5-7H,8H2,1-4H3. The lowest BCUT2D eigenvalue weighted by molar-refractivity contribution is 0.327. The van der Waals surface area contributed by atoms with Gasteiger partial charge in [-0.2, -0.15) is 0 Å². The summed E-state index contributed by atoms with van der Waals surface area (Å²) >= 11 is 18.5. The van der Waals surface area contributed by atoms with Gasteiger partial charge in [0.25, 0.3) is 0 Å². The lowest BCUT2D eigenvalue weighted by atomic mass is 9.82. The number of benzene rings is 1. The van der Waals surface area contributed by atoms with Crippen molar-refractivity contribution in [3.63, 3.8) is 0 Å². The highest BCUT2D eigenvalue weighted by atomic mass is 35.5. The van der Waals surface area contributed by atoms with Crippen LogP contribution in [0.25, 0.3) is 0 Å². The van der Waals surface area contributed by atoms with E-state index in [0.717, 1.165) is 12.0 Å². The molecule has 1 atom stereocenters. The van der Waals surface area contributed by atoms with Crippen LogP contribution in [0.3, 0.4) is 0 Å². The van der Waals surface area contributed by atoms with Crippen LogP contribution >= 0.6 is 34.8 Å². The molecule has 1 aromatic carbocycles. The molecule has 0 aliphatic heterocycles. The van der Waals surface area contributed by atoms with E-state index < -0.39 is 4.87 Å². The number of alkyl halides is 1. The molecule has 0 aromatic heterocycles. The minimum Gasteiger partial charge on any atom is -0.114 e. The molecule has 0 heterocycles. The normalized spacial score (nSPS) is 15.9. The van der Waals surface area contributed by atoms with Crippen LogP contribution < -0.4 is 0 Å². The van der Waals surface area contributed by atoms with Crippen molar-refractivity contribution in [2.75, 3.05) is 0 Å². The first-order chi connectivity index (χ1) is 7.10. The van der Waals surface area contributed by atoms with E-state index in [9.17, 15) is 0 Å². The second-order valence-corrected chi connectivity index (χ2v) is 7.30. The Kier molecular flexibility index (Phi) is 4.21. The quantitative estimate of drug-likeness (QED) is 0.593. The van der Waals surface area contributed by atoms with E-state index in [-0.39, 0.29) is 5.41 Å². The van der Waals surface area contributed by atoms with Crippen molar-refractivity contribution in [3.05, 3.63) is 33.8 Å². The molecule has 1 unspecified atom stereocenters. The van der Waals surface area contributed by atoms with Crippen molar-refractivity contribution < 1.29 is 0 Å². The van der Waals surface area contributed by atoms with Gasteiger partial charge in [0, 0.05) is 10.0 Å². The van der Waals surface area contributed by atoms with Gasteiger partial charge >= 0.3 is 0 Å². The second-order valence-electron chi connectivity index (χ2n) is 5.59. The molecule has 0 spiro atoms. The fourth-order valence-electron chi connectivity index (χ4n) is 1.95. The third kappa shape index (κ3) is 4.16. The molecule has 0 aliphatic rings. The summed E-state index contributed by atoms with van der Waals surface area (Å²) < 4.78 is 0. The Morgan fingerprint density at radius 2 is 1.38 bits per heavy atom. The van der Waals surface area contributed by atoms with Gasteiger partial charge in [0.2, 0.25) is 0 Å². The maximum Gasteiger partial charge on any atom is 0.0672 e. The summed E-state index contributed by atoms with van der Waals surface area (Å²) in [6.07, 6.45) is 0.859. The number of hydrogen-bond donors (Lipinski definition) is 0. The van der Waals surface area contributed by atoms with Gasteiger partial charge in [-0.15, -0.1) is 11.6 Å². The van der Waals surface area contributed by atoms with Gasteiger partial charge in [-0.3, -0.25) is 0 Å². The smallest absolute Gasteiger partial charge is 0.0672 e. The molecule has 0 nitrogen and oxygen atoms in total. The molecule has 0 radical (unpaired) electrons. The Morgan fingerprint density at radius 1 is 0.938 bits per heavy atom. The lowest BCUT2D eigenvalue weighted by Crippen LogP contribution is -2.22. The fourth-order valence-corrected chi connectivity index (χ4v) is 2.99. The van der Waals surface area contributed by atoms with Crippen LogP contribution in [-0.2, 0) is 4.87 Å². The van der Waals surface area contributed by atoms with E-state index >= 15 is 0 Å². The largest absolute Gasteiger partial charge is 0.114 e. The molecule has 0 N–H and O–H groups in total. The van der Waals surface area contributed by atoms with Crippen LogP contribution in [0.5, 0.6) is 0 Å². The maximum atomic E-state index is 6.57. The molecule has 0 amide bonds. The van der Waals surface area contributed by atoms with Gasteiger partial charge in [-0.05, 0) is 42.5 Å². The number of hydrogen-bond acceptors (Lipinski definition) is 0. The zero-order chi connectivity index (χ0) is 12.6. The zero-order valence-corrected chi connectivity index (χ0v) is 12.3. The molecule has 0 saturated heterocycles. The number of halogens is 3. The summed E-state index contributed by atoms with van der Waals surface area (Å²) in [5.41, 5.74) is 1.13. The van der Waals surface area contributed by atoms with Crippen LogP contribution in [0.2, 0.25) is 10.0 Å². The van der Waals surface area contributed by atoms with Gasteiger partial charge in [-0.1, -0.05) is 44.0 Å². The van der Waals surface area contributed by atoms with E-state index in [2.05, 4.69) is 20.8 Å². The third-order valence-corrected chi connectivity index (χ3v) is 3.12. The van der Waals surface area contributed by atoms with Crippen molar-refractivity contribution in [3.8, 4) is 0 Å². The zero-order valence-electron chi connectivity index (χ0n) is 10.1. The first kappa shape index (κ1) is 14.2. The molecule has 90 valence electrons. The van der Waals surface area contributed by atoms with Crippen molar-refractivity contribution in [1.29, 1.82) is 0 Å². The Hall–Kier alpha value is 0.0900. The molecule has 0 aliphatic carbocycles. The molecule has 0 bridgehead atoms. The highest BCUT2D eigenvalue weighted by Crippen LogP contribution is 2.41. The number of rotatable bonds is 2. The maximum absolute atomic E-state index is 6.57. The van der Waals surface area contributed by atoms with Gasteiger partial charge in [0.1, 0.15) is 0 Å². The summed E-state index contributed by atoms with van der Waals surface area (Å²) in [5, 5.41) is 1.26. The third-order valence-electron chi connectivity index (χ3n) is 2.33. The molecular formula is C13H17Cl3. The lowest BCUT2D eigenvalue weighted by Gasteiger charge is -2.31. The summed E-state index contributed by atoms with van der Waals surface area (Å²) in [7, 11) is 0. The summed E-state index contributed by atoms with van der Waals surface area (Å²) in [6.45, 7) is 8.50. The van der Waals surface area contributed by atoms with Crippen molar-refractivity contribution in [1.82, 2.24) is 0 Å². The molecule has 0 fully saturated rings. The highest BCUT2D eigenvalue weighted by Gasteiger charge is 2.30. The Balaban J connectivity index is 3.06. The van der Waals surface area contributed by atoms with E-state index in [4.69, 9.17) is 34.8 Å². The molecular weight excluding hydrogens is 263 g/mol. The van der Waals surface area contributed by atoms with E-state index in [1.165, 1.54) is 0 Å². The van der Waals surface area contributed by atoms with E-state index in [0.29, 0.717) is 10.0 Å². The minimum absolute atomic E-state index is 0.158. The average molecular weight is 280 g/mol. The van der Waals surface area contributed by atoms with Crippen LogP contribution in [-0.4, -0.2) is 0 Å². The molecule has 1 aromatic rings. The van der Waals surface area contributed by atoms with Crippen LogP contribution in [0, 0.1) is 5.41 Å². The van der Waals surface area contributed by atoms with Crippen molar-refractivity contribution in [2.45, 2.75) is 39.0 Å². The van der Waals surface area contributed by atoms with Gasteiger partial charge in [-0.25, -0.2) is 0 Å². The van der Waals surface area contributed by atoms with Crippen LogP contribution in [0.1, 0.15) is 39.7 Å². The van der Waals surface area contributed by atoms with Crippen molar-refractivity contribution >= 4 is 34.8 Å². The second kappa shape index (κ2) is 4.76. The first-order valence-electron chi connectivity index (χ1n) is 5.26. The molecule has 0 saturated carbocycles. The van der Waals surface area contributed by atoms with Gasteiger partial charge in [0.15, 0.2) is 0 Å². The molecule has 16 heavy (non-hydrogen) atoms. The predicted octanol–water partition coefficient (Wildman–Crippen LogP) is 5.88. The van der Waals surface area contributed by atoms with Crippen LogP contribution in [0.15, 0.2) is 18.2 Å². The highest BCUT2D eigenvalue weighted by molar-refractivity contribution is 6.35. The molecule has 3 heteroatoms. The van der Waals surface area contributed by atoms with Gasteiger partial charge in [0.05, 0.1) is 4.87 Å². The van der Waals surface area contributed by atoms with Gasteiger partial charge < -0.3 is 0 Å². The Bertz CT molecular complexity index is 355. The first-order valence-corrected chi connectivity index (χ1v) is 6.39. The predicted molar refractivity (Wildman–Crippen MR) is 73.7 cm³/mol. The van der Waals surface area contributed by atoms with E-state index in [1.807, 2.05) is 19.1 Å². The summed E-state index contributed by atoms with van der Waals surface area (Å²) in [5.74, 6) is 0. The van der Waals surface area contributed by atoms with E-state index in [1.54, 1.807) is 6.07 Å². The Morgan fingerprint density at radius 3 is 1.75 bits per heavy atom. The summed E-state index contributed by atoms with van der Waals surface area (Å²) in [4.78, 5) is -0.438. The topological polar surface area (TPSA) is 0 Å². The fraction of sp³-hybridized carbons (Fsp3) is 0.538. The van der Waals surface area contributed by atoms with Crippen LogP contribution in [0.4, 0.5) is 0 Å². The molecule has 1 rings (SSSR count). The monoisotopic (exact) mass is 278 g/mol. The Labute approximate surface area is 113 Å². The SMILES string of the molecule is CC(C)(C)CC(C)(Cl)c1cc(Cl)cc(Cl)c1.